The summed E-state index contributed by atoms with van der Waals surface area (Å²) in [4.78, 5) is 17.4. The standard InChI is InChI=1S/C20H22F4N4O/c1-25-20(27-11-14-17(23)15(21)10-16(22)18(14)24)26-8-7-12-5-4-6-13(9-12)19(29)28(2)3/h4-6,9-10H,7-8,11H2,1-3H3,(H2,25,26,27). The fourth-order valence-electron chi connectivity index (χ4n) is 2.61. The van der Waals surface area contributed by atoms with Gasteiger partial charge in [0.15, 0.2) is 29.2 Å². The molecule has 0 spiro atoms. The van der Waals surface area contributed by atoms with Crippen LogP contribution >= 0.6 is 0 Å². The average Bonchev–Trinajstić information content (AvgIpc) is 2.70. The number of hydrogen-bond acceptors (Lipinski definition) is 2. The van der Waals surface area contributed by atoms with Crippen LogP contribution in [0.5, 0.6) is 0 Å². The highest BCUT2D eigenvalue weighted by Gasteiger charge is 2.19. The topological polar surface area (TPSA) is 56.7 Å². The molecular weight excluding hydrogens is 388 g/mol. The van der Waals surface area contributed by atoms with Gasteiger partial charge >= 0.3 is 0 Å². The zero-order valence-electron chi connectivity index (χ0n) is 16.3. The predicted octanol–water partition coefficient (Wildman–Crippen LogP) is 2.85. The molecule has 0 fully saturated rings. The first-order valence-corrected chi connectivity index (χ1v) is 8.81. The van der Waals surface area contributed by atoms with Crippen LogP contribution < -0.4 is 10.6 Å². The molecule has 5 nitrogen and oxygen atoms in total. The van der Waals surface area contributed by atoms with Gasteiger partial charge in [0, 0.05) is 51.4 Å². The third-order valence-corrected chi connectivity index (χ3v) is 4.15. The number of carbonyl (C=O) groups is 1. The van der Waals surface area contributed by atoms with Gasteiger partial charge in [-0.05, 0) is 24.1 Å². The van der Waals surface area contributed by atoms with E-state index in [1.807, 2.05) is 6.07 Å². The third-order valence-electron chi connectivity index (χ3n) is 4.15. The van der Waals surface area contributed by atoms with Gasteiger partial charge in [-0.3, -0.25) is 9.79 Å². The summed E-state index contributed by atoms with van der Waals surface area (Å²) in [5.74, 6) is -5.73. The zero-order valence-corrected chi connectivity index (χ0v) is 16.3. The monoisotopic (exact) mass is 410 g/mol. The highest BCUT2D eigenvalue weighted by Crippen LogP contribution is 2.19. The number of amides is 1. The first-order chi connectivity index (χ1) is 13.7. The van der Waals surface area contributed by atoms with Gasteiger partial charge in [-0.15, -0.1) is 0 Å². The summed E-state index contributed by atoms with van der Waals surface area (Å²) in [6.45, 7) is -0.0827. The Balaban J connectivity index is 1.94. The lowest BCUT2D eigenvalue weighted by Crippen LogP contribution is -2.38. The van der Waals surface area contributed by atoms with Gasteiger partial charge in [0.2, 0.25) is 0 Å². The maximum Gasteiger partial charge on any atom is 0.253 e. The van der Waals surface area contributed by atoms with E-state index in [1.165, 1.54) is 11.9 Å². The van der Waals surface area contributed by atoms with E-state index in [2.05, 4.69) is 15.6 Å². The molecule has 0 aliphatic heterocycles. The molecule has 0 saturated carbocycles. The first-order valence-electron chi connectivity index (χ1n) is 8.81. The fourth-order valence-corrected chi connectivity index (χ4v) is 2.61. The van der Waals surface area contributed by atoms with Crippen molar-refractivity contribution in [2.75, 3.05) is 27.7 Å². The van der Waals surface area contributed by atoms with Crippen molar-refractivity contribution in [3.63, 3.8) is 0 Å². The lowest BCUT2D eigenvalue weighted by Gasteiger charge is -2.14. The molecule has 0 bridgehead atoms. The molecule has 29 heavy (non-hydrogen) atoms. The van der Waals surface area contributed by atoms with Crippen molar-refractivity contribution in [2.45, 2.75) is 13.0 Å². The van der Waals surface area contributed by atoms with E-state index in [9.17, 15) is 22.4 Å². The van der Waals surface area contributed by atoms with Gasteiger partial charge in [-0.2, -0.15) is 0 Å². The minimum absolute atomic E-state index is 0.108. The lowest BCUT2D eigenvalue weighted by atomic mass is 10.1. The molecule has 2 aromatic rings. The van der Waals surface area contributed by atoms with Crippen LogP contribution in [0.15, 0.2) is 35.3 Å². The molecule has 0 aliphatic carbocycles. The van der Waals surface area contributed by atoms with Gasteiger partial charge in [0.05, 0.1) is 0 Å². The summed E-state index contributed by atoms with van der Waals surface area (Å²) in [5, 5.41) is 5.56. The second-order valence-corrected chi connectivity index (χ2v) is 6.45. The van der Waals surface area contributed by atoms with Crippen LogP contribution in [0.2, 0.25) is 0 Å². The quantitative estimate of drug-likeness (QED) is 0.333. The second-order valence-electron chi connectivity index (χ2n) is 6.45. The van der Waals surface area contributed by atoms with E-state index in [0.717, 1.165) is 5.56 Å². The minimum atomic E-state index is -1.46. The lowest BCUT2D eigenvalue weighted by molar-refractivity contribution is 0.0827. The normalized spacial score (nSPS) is 11.3. The maximum atomic E-state index is 13.7. The Labute approximate surface area is 166 Å². The molecule has 9 heteroatoms. The molecular formula is C20H22F4N4O. The Hall–Kier alpha value is -3.10. The van der Waals surface area contributed by atoms with E-state index in [1.54, 1.807) is 32.3 Å². The van der Waals surface area contributed by atoms with Crippen molar-refractivity contribution in [1.82, 2.24) is 15.5 Å². The highest BCUT2D eigenvalue weighted by molar-refractivity contribution is 5.94. The van der Waals surface area contributed by atoms with E-state index in [4.69, 9.17) is 0 Å². The molecule has 0 atom stereocenters. The smallest absolute Gasteiger partial charge is 0.253 e. The molecule has 1 amide bonds. The minimum Gasteiger partial charge on any atom is -0.356 e. The highest BCUT2D eigenvalue weighted by atomic mass is 19.2. The molecule has 0 aliphatic rings. The summed E-state index contributed by atoms with van der Waals surface area (Å²) in [6.07, 6.45) is 0.548. The zero-order chi connectivity index (χ0) is 21.6. The molecule has 156 valence electrons. The van der Waals surface area contributed by atoms with Crippen LogP contribution in [0, 0.1) is 23.3 Å². The van der Waals surface area contributed by atoms with Crippen molar-refractivity contribution in [3.05, 3.63) is 70.3 Å². The molecule has 0 heterocycles. The summed E-state index contributed by atoms with van der Waals surface area (Å²) in [6, 6.07) is 7.31. The Morgan fingerprint density at radius 3 is 2.28 bits per heavy atom. The van der Waals surface area contributed by atoms with Crippen molar-refractivity contribution in [3.8, 4) is 0 Å². The Morgan fingerprint density at radius 1 is 1.03 bits per heavy atom. The number of guanidine groups is 1. The Kier molecular flexibility index (Phi) is 7.58. The van der Waals surface area contributed by atoms with Crippen LogP contribution in [-0.4, -0.2) is 44.5 Å². The number of halogens is 4. The number of rotatable bonds is 6. The van der Waals surface area contributed by atoms with Crippen LogP contribution in [0.25, 0.3) is 0 Å². The Morgan fingerprint density at radius 2 is 1.69 bits per heavy atom. The first kappa shape index (κ1) is 22.2. The van der Waals surface area contributed by atoms with Crippen molar-refractivity contribution in [2.24, 2.45) is 4.99 Å². The van der Waals surface area contributed by atoms with Gasteiger partial charge in [0.1, 0.15) is 0 Å². The third kappa shape index (κ3) is 5.69. The number of aliphatic imine (C=N–C) groups is 1. The molecule has 2 N–H and O–H groups in total. The molecule has 0 radical (unpaired) electrons. The largest absolute Gasteiger partial charge is 0.356 e. The molecule has 2 aromatic carbocycles. The van der Waals surface area contributed by atoms with E-state index in [-0.39, 0.29) is 17.9 Å². The van der Waals surface area contributed by atoms with E-state index in [0.29, 0.717) is 18.5 Å². The molecule has 0 aromatic heterocycles. The predicted molar refractivity (Wildman–Crippen MR) is 103 cm³/mol. The van der Waals surface area contributed by atoms with Crippen molar-refractivity contribution in [1.29, 1.82) is 0 Å². The van der Waals surface area contributed by atoms with Crippen LogP contribution in [0.1, 0.15) is 21.5 Å². The summed E-state index contributed by atoms with van der Waals surface area (Å²) in [7, 11) is 4.79. The maximum absolute atomic E-state index is 13.7. The summed E-state index contributed by atoms with van der Waals surface area (Å²) in [5.41, 5.74) is 0.722. The summed E-state index contributed by atoms with van der Waals surface area (Å²) < 4.78 is 54.0. The van der Waals surface area contributed by atoms with Gasteiger partial charge in [-0.25, -0.2) is 17.6 Å². The number of carbonyl (C=O) groups excluding carboxylic acids is 1. The number of hydrogen-bond donors (Lipinski definition) is 2. The van der Waals surface area contributed by atoms with Crippen molar-refractivity contribution < 1.29 is 22.4 Å². The molecule has 2 rings (SSSR count). The van der Waals surface area contributed by atoms with E-state index < -0.39 is 35.4 Å². The number of nitrogens with one attached hydrogen (secondary N) is 2. The SMILES string of the molecule is CN=C(NCCc1cccc(C(=O)N(C)C)c1)NCc1c(F)c(F)cc(F)c1F. The van der Waals surface area contributed by atoms with Gasteiger partial charge < -0.3 is 15.5 Å². The second kappa shape index (κ2) is 9.90. The number of nitrogens with zero attached hydrogens (tertiary/aromatic N) is 2. The van der Waals surface area contributed by atoms with Gasteiger partial charge in [0.25, 0.3) is 5.91 Å². The van der Waals surface area contributed by atoms with Crippen molar-refractivity contribution >= 4 is 11.9 Å². The van der Waals surface area contributed by atoms with Crippen LogP contribution in [-0.2, 0) is 13.0 Å². The molecule has 0 unspecified atom stereocenters. The molecule has 0 saturated heterocycles. The Bertz CT molecular complexity index is 889. The number of benzene rings is 2. The van der Waals surface area contributed by atoms with E-state index >= 15 is 0 Å². The fraction of sp³-hybridized carbons (Fsp3) is 0.300. The van der Waals surface area contributed by atoms with Crippen LogP contribution in [0.4, 0.5) is 17.6 Å². The summed E-state index contributed by atoms with van der Waals surface area (Å²) >= 11 is 0. The van der Waals surface area contributed by atoms with Gasteiger partial charge in [-0.1, -0.05) is 12.1 Å². The van der Waals surface area contributed by atoms with Crippen LogP contribution in [0.3, 0.4) is 0 Å². The average molecular weight is 410 g/mol.